The molecule has 2 aromatic rings. The number of hydrogen-bond donors (Lipinski definition) is 4. The average molecular weight is 471 g/mol. The number of carbonyl (C=O) groups excluding carboxylic acids is 3. The van der Waals surface area contributed by atoms with Gasteiger partial charge < -0.3 is 30.3 Å². The summed E-state index contributed by atoms with van der Waals surface area (Å²) in [6, 6.07) is 12.6. The molecule has 1 aliphatic heterocycles. The number of carbonyl (C=O) groups is 3. The minimum atomic E-state index is -1.40. The van der Waals surface area contributed by atoms with Crippen LogP contribution >= 0.6 is 0 Å². The molecule has 0 aromatic heterocycles. The second-order valence-corrected chi connectivity index (χ2v) is 7.91. The summed E-state index contributed by atoms with van der Waals surface area (Å²) in [6.45, 7) is 1.27. The molecule has 2 atom stereocenters. The maximum Gasteiger partial charge on any atom is 0.252 e. The van der Waals surface area contributed by atoms with Crippen molar-refractivity contribution in [2.45, 2.75) is 25.0 Å². The Labute approximate surface area is 198 Å². The van der Waals surface area contributed by atoms with E-state index in [2.05, 4.69) is 10.6 Å². The summed E-state index contributed by atoms with van der Waals surface area (Å²) in [5.41, 5.74) is 2.06. The van der Waals surface area contributed by atoms with Crippen LogP contribution in [0.3, 0.4) is 0 Å². The van der Waals surface area contributed by atoms with Crippen molar-refractivity contribution in [1.29, 1.82) is 0 Å². The van der Waals surface area contributed by atoms with Crippen LogP contribution in [-0.2, 0) is 14.3 Å². The van der Waals surface area contributed by atoms with Crippen molar-refractivity contribution in [3.05, 3.63) is 54.1 Å². The third-order valence-corrected chi connectivity index (χ3v) is 5.49. The van der Waals surface area contributed by atoms with E-state index in [1.807, 2.05) is 12.1 Å². The van der Waals surface area contributed by atoms with Gasteiger partial charge in [-0.2, -0.15) is 0 Å². The number of morpholine rings is 1. The lowest BCUT2D eigenvalue weighted by molar-refractivity contribution is -0.131. The van der Waals surface area contributed by atoms with Gasteiger partial charge in [-0.05, 0) is 41.8 Å². The molecule has 2 unspecified atom stereocenters. The first-order valence-corrected chi connectivity index (χ1v) is 11.3. The van der Waals surface area contributed by atoms with Gasteiger partial charge in [0.05, 0.1) is 19.3 Å². The molecule has 2 aromatic carbocycles. The molecule has 9 nitrogen and oxygen atoms in total. The first-order valence-electron chi connectivity index (χ1n) is 11.3. The second kappa shape index (κ2) is 13.0. The number of Topliss-reactive ketones (excluding diaryl/α,β-unsaturated/α-hetero) is 2. The van der Waals surface area contributed by atoms with Crippen LogP contribution in [0.2, 0.25) is 0 Å². The van der Waals surface area contributed by atoms with Crippen molar-refractivity contribution in [2.24, 2.45) is 0 Å². The Bertz CT molecular complexity index is 954. The number of aliphatic hydroxyl groups excluding tert-OH is 2. The van der Waals surface area contributed by atoms with E-state index >= 15 is 0 Å². The molecule has 182 valence electrons. The highest BCUT2D eigenvalue weighted by Gasteiger charge is 2.28. The molecule has 0 spiro atoms. The van der Waals surface area contributed by atoms with Gasteiger partial charge in [-0.25, -0.2) is 0 Å². The summed E-state index contributed by atoms with van der Waals surface area (Å²) in [4.78, 5) is 37.5. The van der Waals surface area contributed by atoms with E-state index in [9.17, 15) is 19.5 Å². The van der Waals surface area contributed by atoms with Gasteiger partial charge in [0.25, 0.3) is 5.91 Å². The number of ether oxygens (including phenoxy) is 2. The van der Waals surface area contributed by atoms with E-state index < -0.39 is 30.1 Å². The molecule has 1 amide bonds. The highest BCUT2D eigenvalue weighted by Crippen LogP contribution is 2.23. The summed E-state index contributed by atoms with van der Waals surface area (Å²) in [5.74, 6) is -1.14. The summed E-state index contributed by atoms with van der Waals surface area (Å²) in [7, 11) is 0. The summed E-state index contributed by atoms with van der Waals surface area (Å²) in [5, 5.41) is 23.7. The van der Waals surface area contributed by atoms with Crippen molar-refractivity contribution < 1.29 is 34.1 Å². The monoisotopic (exact) mass is 470 g/mol. The molecule has 0 aliphatic carbocycles. The first-order chi connectivity index (χ1) is 16.5. The largest absolute Gasteiger partial charge is 0.491 e. The molecule has 9 heteroatoms. The predicted molar refractivity (Wildman–Crippen MR) is 125 cm³/mol. The summed E-state index contributed by atoms with van der Waals surface area (Å²) >= 11 is 0. The molecule has 0 bridgehead atoms. The minimum absolute atomic E-state index is 0.0555. The van der Waals surface area contributed by atoms with Crippen LogP contribution in [-0.4, -0.2) is 79.3 Å². The summed E-state index contributed by atoms with van der Waals surface area (Å²) < 4.78 is 10.9. The van der Waals surface area contributed by atoms with Crippen LogP contribution in [0.15, 0.2) is 48.5 Å². The van der Waals surface area contributed by atoms with Crippen LogP contribution in [0.1, 0.15) is 23.2 Å². The highest BCUT2D eigenvalue weighted by atomic mass is 16.5. The van der Waals surface area contributed by atoms with Gasteiger partial charge >= 0.3 is 0 Å². The van der Waals surface area contributed by atoms with E-state index in [0.29, 0.717) is 25.3 Å². The highest BCUT2D eigenvalue weighted by molar-refractivity contribution is 6.10. The average Bonchev–Trinajstić information content (AvgIpc) is 2.89. The zero-order chi connectivity index (χ0) is 24.3. The molecule has 0 saturated carbocycles. The maximum atomic E-state index is 12.7. The molecule has 3 rings (SSSR count). The van der Waals surface area contributed by atoms with Crippen molar-refractivity contribution in [1.82, 2.24) is 10.6 Å². The fraction of sp³-hybridized carbons (Fsp3) is 0.400. The van der Waals surface area contributed by atoms with Crippen LogP contribution < -0.4 is 15.4 Å². The summed E-state index contributed by atoms with van der Waals surface area (Å²) in [6.07, 6.45) is 0.358. The van der Waals surface area contributed by atoms with Crippen molar-refractivity contribution >= 4 is 17.5 Å². The Balaban J connectivity index is 1.61. The third kappa shape index (κ3) is 7.19. The van der Waals surface area contributed by atoms with Gasteiger partial charge in [0.2, 0.25) is 0 Å². The Morgan fingerprint density at radius 2 is 1.71 bits per heavy atom. The number of ketones is 2. The number of hydrogen-bond acceptors (Lipinski definition) is 8. The molecule has 1 heterocycles. The number of nitrogens with one attached hydrogen (secondary N) is 2. The van der Waals surface area contributed by atoms with Crippen LogP contribution in [0.25, 0.3) is 11.1 Å². The fourth-order valence-corrected chi connectivity index (χ4v) is 3.62. The lowest BCUT2D eigenvalue weighted by atomic mass is 10.0. The fourth-order valence-electron chi connectivity index (χ4n) is 3.62. The van der Waals surface area contributed by atoms with E-state index in [-0.39, 0.29) is 31.3 Å². The first kappa shape index (κ1) is 25.5. The van der Waals surface area contributed by atoms with Crippen LogP contribution in [0, 0.1) is 0 Å². The van der Waals surface area contributed by atoms with Gasteiger partial charge in [0.1, 0.15) is 25.0 Å². The normalized spacial score (nSPS) is 16.5. The SMILES string of the molecule is O=C(NC(C(=O)CO)C(=O)CCC1CNCCO1)c1ccc(-c2ccc(OCCO)cc2)cc1. The zero-order valence-electron chi connectivity index (χ0n) is 18.9. The Hall–Kier alpha value is -3.11. The van der Waals surface area contributed by atoms with Crippen LogP contribution in [0.5, 0.6) is 5.75 Å². The number of aliphatic hydroxyl groups is 2. The standard InChI is InChI=1S/C25H30N2O7/c28-12-14-34-20-7-5-18(6-8-20)17-1-3-19(4-2-17)25(32)27-24(23(31)16-29)22(30)10-9-21-15-26-11-13-33-21/h1-8,21,24,26,28-29H,9-16H2,(H,27,32). The van der Waals surface area contributed by atoms with Gasteiger partial charge in [-0.1, -0.05) is 24.3 Å². The predicted octanol–water partition coefficient (Wildman–Crippen LogP) is 0.722. The Morgan fingerprint density at radius 3 is 2.29 bits per heavy atom. The molecule has 1 aliphatic rings. The Morgan fingerprint density at radius 1 is 1.03 bits per heavy atom. The maximum absolute atomic E-state index is 12.7. The smallest absolute Gasteiger partial charge is 0.252 e. The zero-order valence-corrected chi connectivity index (χ0v) is 18.9. The van der Waals surface area contributed by atoms with Crippen molar-refractivity contribution in [2.75, 3.05) is 39.5 Å². The van der Waals surface area contributed by atoms with E-state index in [0.717, 1.165) is 17.7 Å². The quantitative estimate of drug-likeness (QED) is 0.334. The van der Waals surface area contributed by atoms with Crippen LogP contribution in [0.4, 0.5) is 0 Å². The minimum Gasteiger partial charge on any atom is -0.491 e. The molecular weight excluding hydrogens is 440 g/mol. The topological polar surface area (TPSA) is 134 Å². The Kier molecular flexibility index (Phi) is 9.72. The van der Waals surface area contributed by atoms with Gasteiger partial charge in [-0.3, -0.25) is 14.4 Å². The molecule has 34 heavy (non-hydrogen) atoms. The van der Waals surface area contributed by atoms with Gasteiger partial charge in [0.15, 0.2) is 11.6 Å². The number of rotatable bonds is 12. The molecule has 4 N–H and O–H groups in total. The molecule has 1 fully saturated rings. The lowest BCUT2D eigenvalue weighted by Crippen LogP contribution is -2.48. The van der Waals surface area contributed by atoms with Gasteiger partial charge in [-0.15, -0.1) is 0 Å². The molecule has 0 radical (unpaired) electrons. The lowest BCUT2D eigenvalue weighted by Gasteiger charge is -2.24. The molecular formula is C25H30N2O7. The van der Waals surface area contributed by atoms with E-state index in [1.165, 1.54) is 0 Å². The molecule has 1 saturated heterocycles. The number of amides is 1. The third-order valence-electron chi connectivity index (χ3n) is 5.49. The van der Waals surface area contributed by atoms with Gasteiger partial charge in [0, 0.05) is 25.1 Å². The number of benzene rings is 2. The van der Waals surface area contributed by atoms with E-state index in [1.54, 1.807) is 36.4 Å². The van der Waals surface area contributed by atoms with E-state index in [4.69, 9.17) is 14.6 Å². The van der Waals surface area contributed by atoms with Crippen molar-refractivity contribution in [3.8, 4) is 16.9 Å². The second-order valence-electron chi connectivity index (χ2n) is 7.91. The van der Waals surface area contributed by atoms with Crippen molar-refractivity contribution in [3.63, 3.8) is 0 Å².